The van der Waals surface area contributed by atoms with E-state index in [9.17, 15) is 8.78 Å². The van der Waals surface area contributed by atoms with Crippen LogP contribution in [0.1, 0.15) is 18.1 Å². The fourth-order valence-corrected chi connectivity index (χ4v) is 1.53. The van der Waals surface area contributed by atoms with Crippen molar-refractivity contribution in [3.63, 3.8) is 0 Å². The molecule has 10 heteroatoms. The van der Waals surface area contributed by atoms with Crippen molar-refractivity contribution in [2.45, 2.75) is 19.4 Å². The second-order valence-electron chi connectivity index (χ2n) is 4.67. The molecule has 2 heterocycles. The molecule has 0 aliphatic heterocycles. The van der Waals surface area contributed by atoms with Gasteiger partial charge >= 0.3 is 0 Å². The van der Waals surface area contributed by atoms with Gasteiger partial charge in [-0.15, -0.1) is 0 Å². The Morgan fingerprint density at radius 3 is 2.83 bits per heavy atom. The van der Waals surface area contributed by atoms with Crippen molar-refractivity contribution in [1.82, 2.24) is 19.9 Å². The summed E-state index contributed by atoms with van der Waals surface area (Å²) in [5.74, 6) is -2.72. The van der Waals surface area contributed by atoms with E-state index < -0.39 is 12.5 Å². The van der Waals surface area contributed by atoms with E-state index in [0.717, 1.165) is 6.92 Å². The van der Waals surface area contributed by atoms with Gasteiger partial charge in [0.2, 0.25) is 11.8 Å². The summed E-state index contributed by atoms with van der Waals surface area (Å²) in [5, 5.41) is 11.6. The number of hydrogen-bond acceptors (Lipinski definition) is 8. The monoisotopic (exact) mass is 321 g/mol. The number of nitrogen functional groups attached to an aromatic ring is 1. The van der Waals surface area contributed by atoms with Crippen LogP contribution in [0.4, 0.5) is 20.5 Å². The standard InChI is InChI=1S/C13H13F2N7O/c1-13(14,15)6-23-11-9(3-18-7-21-11)5-20-12-19-4-8(2-16)10(17)22-12/h3-4,7H,5-6H2,1H3,(H3,17,19,20,22). The average Bonchev–Trinajstić information content (AvgIpc) is 2.51. The minimum Gasteiger partial charge on any atom is -0.471 e. The van der Waals surface area contributed by atoms with Gasteiger partial charge in [-0.05, 0) is 0 Å². The molecule has 0 fully saturated rings. The number of anilines is 2. The van der Waals surface area contributed by atoms with Crippen molar-refractivity contribution in [3.8, 4) is 11.9 Å². The molecule has 0 aliphatic carbocycles. The number of ether oxygens (including phenoxy) is 1. The van der Waals surface area contributed by atoms with Crippen LogP contribution in [0, 0.1) is 11.3 Å². The molecular weight excluding hydrogens is 308 g/mol. The average molecular weight is 321 g/mol. The zero-order valence-electron chi connectivity index (χ0n) is 12.1. The summed E-state index contributed by atoms with van der Waals surface area (Å²) in [6.45, 7) is 0.0909. The zero-order chi connectivity index (χ0) is 16.9. The molecule has 0 radical (unpaired) electrons. The third kappa shape index (κ3) is 4.70. The molecule has 0 aliphatic rings. The van der Waals surface area contributed by atoms with E-state index in [1.165, 1.54) is 18.7 Å². The van der Waals surface area contributed by atoms with Crippen molar-refractivity contribution in [3.05, 3.63) is 29.8 Å². The van der Waals surface area contributed by atoms with Crippen LogP contribution in [0.3, 0.4) is 0 Å². The molecule has 2 aromatic heterocycles. The molecular formula is C13H13F2N7O. The van der Waals surface area contributed by atoms with Gasteiger partial charge in [0.05, 0.1) is 11.8 Å². The molecule has 3 N–H and O–H groups in total. The van der Waals surface area contributed by atoms with E-state index in [0.29, 0.717) is 5.56 Å². The summed E-state index contributed by atoms with van der Waals surface area (Å²) < 4.78 is 30.7. The van der Waals surface area contributed by atoms with E-state index >= 15 is 0 Å². The van der Waals surface area contributed by atoms with E-state index in [2.05, 4.69) is 25.3 Å². The number of nitrogens with one attached hydrogen (secondary N) is 1. The number of hydrogen-bond donors (Lipinski definition) is 2. The molecule has 0 saturated carbocycles. The van der Waals surface area contributed by atoms with Crippen molar-refractivity contribution in [2.24, 2.45) is 0 Å². The highest BCUT2D eigenvalue weighted by molar-refractivity contribution is 5.49. The number of halogens is 2. The van der Waals surface area contributed by atoms with Gasteiger partial charge in [-0.2, -0.15) is 10.2 Å². The molecule has 120 valence electrons. The Morgan fingerprint density at radius 2 is 2.17 bits per heavy atom. The van der Waals surface area contributed by atoms with Crippen LogP contribution in [0.2, 0.25) is 0 Å². The Bertz CT molecular complexity index is 727. The predicted molar refractivity (Wildman–Crippen MR) is 76.6 cm³/mol. The maximum absolute atomic E-state index is 12.9. The van der Waals surface area contributed by atoms with Gasteiger partial charge in [0, 0.05) is 19.7 Å². The molecule has 0 unspecified atom stereocenters. The molecule has 23 heavy (non-hydrogen) atoms. The van der Waals surface area contributed by atoms with E-state index in [1.54, 1.807) is 0 Å². The normalized spacial score (nSPS) is 10.9. The first kappa shape index (κ1) is 16.3. The number of nitriles is 1. The van der Waals surface area contributed by atoms with Crippen LogP contribution in [0.15, 0.2) is 18.7 Å². The predicted octanol–water partition coefficient (Wildman–Crippen LogP) is 1.37. The highest BCUT2D eigenvalue weighted by atomic mass is 19.3. The Kier molecular flexibility index (Phi) is 4.80. The highest BCUT2D eigenvalue weighted by Gasteiger charge is 2.23. The third-order valence-electron chi connectivity index (χ3n) is 2.58. The van der Waals surface area contributed by atoms with Crippen LogP contribution in [-0.4, -0.2) is 32.5 Å². The number of nitrogens with two attached hydrogens (primary N) is 1. The Morgan fingerprint density at radius 1 is 1.39 bits per heavy atom. The lowest BCUT2D eigenvalue weighted by Crippen LogP contribution is -2.22. The highest BCUT2D eigenvalue weighted by Crippen LogP contribution is 2.19. The van der Waals surface area contributed by atoms with Gasteiger partial charge in [-0.3, -0.25) is 0 Å². The summed E-state index contributed by atoms with van der Waals surface area (Å²) in [7, 11) is 0. The number of rotatable bonds is 6. The molecule has 2 aromatic rings. The molecule has 0 bridgehead atoms. The van der Waals surface area contributed by atoms with Crippen LogP contribution < -0.4 is 15.8 Å². The van der Waals surface area contributed by atoms with Crippen molar-refractivity contribution < 1.29 is 13.5 Å². The minimum atomic E-state index is -2.97. The van der Waals surface area contributed by atoms with Crippen LogP contribution in [0.25, 0.3) is 0 Å². The van der Waals surface area contributed by atoms with Gasteiger partial charge in [0.25, 0.3) is 5.92 Å². The molecule has 8 nitrogen and oxygen atoms in total. The first-order chi connectivity index (χ1) is 10.9. The second kappa shape index (κ2) is 6.78. The Hall–Kier alpha value is -3.09. The largest absolute Gasteiger partial charge is 0.471 e. The topological polar surface area (TPSA) is 123 Å². The molecule has 0 amide bonds. The van der Waals surface area contributed by atoms with Gasteiger partial charge in [0.1, 0.15) is 23.8 Å². The van der Waals surface area contributed by atoms with Crippen LogP contribution in [-0.2, 0) is 6.54 Å². The van der Waals surface area contributed by atoms with Crippen LogP contribution in [0.5, 0.6) is 5.88 Å². The minimum absolute atomic E-state index is 0.0376. The smallest absolute Gasteiger partial charge is 0.278 e. The number of alkyl halides is 2. The first-order valence-corrected chi connectivity index (χ1v) is 6.45. The lowest BCUT2D eigenvalue weighted by atomic mass is 10.3. The Balaban J connectivity index is 2.06. The summed E-state index contributed by atoms with van der Waals surface area (Å²) in [6.07, 6.45) is 3.90. The van der Waals surface area contributed by atoms with Gasteiger partial charge in [-0.1, -0.05) is 0 Å². The molecule has 0 spiro atoms. The van der Waals surface area contributed by atoms with E-state index in [1.807, 2.05) is 6.07 Å². The third-order valence-corrected chi connectivity index (χ3v) is 2.58. The van der Waals surface area contributed by atoms with Gasteiger partial charge in [-0.25, -0.2) is 23.7 Å². The van der Waals surface area contributed by atoms with Gasteiger partial charge < -0.3 is 15.8 Å². The van der Waals surface area contributed by atoms with Crippen LogP contribution >= 0.6 is 0 Å². The summed E-state index contributed by atoms with van der Waals surface area (Å²) in [6, 6.07) is 1.85. The summed E-state index contributed by atoms with van der Waals surface area (Å²) in [4.78, 5) is 15.5. The van der Waals surface area contributed by atoms with Crippen molar-refractivity contribution >= 4 is 11.8 Å². The SMILES string of the molecule is CC(F)(F)COc1ncncc1CNc1ncc(C#N)c(N)n1. The number of aromatic nitrogens is 4. The maximum atomic E-state index is 12.9. The van der Waals surface area contributed by atoms with E-state index in [-0.39, 0.29) is 29.8 Å². The molecule has 0 saturated heterocycles. The number of nitrogens with zero attached hydrogens (tertiary/aromatic N) is 5. The molecule has 0 aromatic carbocycles. The molecule has 2 rings (SSSR count). The summed E-state index contributed by atoms with van der Waals surface area (Å²) in [5.41, 5.74) is 6.19. The Labute approximate surface area is 130 Å². The summed E-state index contributed by atoms with van der Waals surface area (Å²) >= 11 is 0. The fraction of sp³-hybridized carbons (Fsp3) is 0.308. The fourth-order valence-electron chi connectivity index (χ4n) is 1.53. The van der Waals surface area contributed by atoms with Gasteiger partial charge in [0.15, 0.2) is 6.61 Å². The van der Waals surface area contributed by atoms with E-state index in [4.69, 9.17) is 15.7 Å². The van der Waals surface area contributed by atoms with Crippen molar-refractivity contribution in [2.75, 3.05) is 17.7 Å². The maximum Gasteiger partial charge on any atom is 0.278 e. The lowest BCUT2D eigenvalue weighted by Gasteiger charge is -2.14. The quantitative estimate of drug-likeness (QED) is 0.817. The second-order valence-corrected chi connectivity index (χ2v) is 4.67. The lowest BCUT2D eigenvalue weighted by molar-refractivity contribution is -0.0245. The first-order valence-electron chi connectivity index (χ1n) is 6.45. The molecule has 0 atom stereocenters. The zero-order valence-corrected chi connectivity index (χ0v) is 12.1. The van der Waals surface area contributed by atoms with Crippen molar-refractivity contribution in [1.29, 1.82) is 5.26 Å².